The number of anilines is 1. The fraction of sp³-hybridized carbons (Fsp3) is 0.0909. The summed E-state index contributed by atoms with van der Waals surface area (Å²) in [6.45, 7) is 0.195. The number of hydrogen-bond acceptors (Lipinski definition) is 6. The molecule has 4 aromatic rings. The molecule has 1 amide bonds. The summed E-state index contributed by atoms with van der Waals surface area (Å²) in [5.41, 5.74) is 0.507. The molecule has 2 aromatic carbocycles. The lowest BCUT2D eigenvalue weighted by molar-refractivity contribution is -0.384. The maximum absolute atomic E-state index is 12.6. The minimum absolute atomic E-state index is 0.00170. The Morgan fingerprint density at radius 2 is 1.80 bits per heavy atom. The summed E-state index contributed by atoms with van der Waals surface area (Å²) < 4.78 is 12.5. The molecular formula is C22H14Cl4N4O5. The van der Waals surface area contributed by atoms with Gasteiger partial charge in [0.05, 0.1) is 16.5 Å². The molecule has 0 spiro atoms. The van der Waals surface area contributed by atoms with Crippen LogP contribution in [-0.2, 0) is 13.2 Å². The highest BCUT2D eigenvalue weighted by molar-refractivity contribution is 6.36. The highest BCUT2D eigenvalue weighted by Gasteiger charge is 2.17. The topological polar surface area (TPSA) is 112 Å². The van der Waals surface area contributed by atoms with Crippen LogP contribution in [0.1, 0.15) is 21.9 Å². The first-order chi connectivity index (χ1) is 16.7. The molecule has 2 heterocycles. The molecule has 0 atom stereocenters. The van der Waals surface area contributed by atoms with Gasteiger partial charge in [-0.05, 0) is 30.3 Å². The van der Waals surface area contributed by atoms with Crippen molar-refractivity contribution in [3.8, 4) is 5.75 Å². The minimum Gasteiger partial charge on any atom is -0.484 e. The van der Waals surface area contributed by atoms with E-state index in [0.717, 1.165) is 0 Å². The van der Waals surface area contributed by atoms with Gasteiger partial charge >= 0.3 is 0 Å². The highest BCUT2D eigenvalue weighted by Crippen LogP contribution is 2.30. The molecule has 0 saturated heterocycles. The van der Waals surface area contributed by atoms with Crippen molar-refractivity contribution in [3.05, 3.63) is 102 Å². The molecule has 0 aliphatic carbocycles. The van der Waals surface area contributed by atoms with E-state index in [9.17, 15) is 14.9 Å². The van der Waals surface area contributed by atoms with Gasteiger partial charge in [0.2, 0.25) is 0 Å². The summed E-state index contributed by atoms with van der Waals surface area (Å²) in [4.78, 5) is 22.8. The van der Waals surface area contributed by atoms with E-state index in [-0.39, 0.29) is 46.2 Å². The Labute approximate surface area is 218 Å². The van der Waals surface area contributed by atoms with E-state index in [1.807, 2.05) is 0 Å². The first-order valence-electron chi connectivity index (χ1n) is 9.84. The molecule has 4 rings (SSSR count). The molecule has 0 saturated carbocycles. The first-order valence-corrected chi connectivity index (χ1v) is 11.3. The molecule has 0 radical (unpaired) electrons. The van der Waals surface area contributed by atoms with Crippen molar-refractivity contribution in [3.63, 3.8) is 0 Å². The average Bonchev–Trinajstić information content (AvgIpc) is 3.42. The summed E-state index contributed by atoms with van der Waals surface area (Å²) >= 11 is 24.6. The number of carbonyl (C=O) groups excluding carboxylic acids is 1. The molecule has 0 aliphatic heterocycles. The fourth-order valence-electron chi connectivity index (χ4n) is 3.02. The number of rotatable bonds is 8. The van der Waals surface area contributed by atoms with Crippen LogP contribution < -0.4 is 10.1 Å². The Balaban J connectivity index is 1.39. The van der Waals surface area contributed by atoms with Gasteiger partial charge in [0.25, 0.3) is 11.6 Å². The molecule has 0 fully saturated rings. The molecule has 35 heavy (non-hydrogen) atoms. The second-order valence-corrected chi connectivity index (χ2v) is 8.73. The number of nitro groups is 1. The van der Waals surface area contributed by atoms with Gasteiger partial charge in [-0.3, -0.25) is 19.6 Å². The van der Waals surface area contributed by atoms with E-state index in [2.05, 4.69) is 10.4 Å². The van der Waals surface area contributed by atoms with Crippen molar-refractivity contribution in [2.45, 2.75) is 13.2 Å². The number of halogens is 4. The van der Waals surface area contributed by atoms with E-state index in [4.69, 9.17) is 55.6 Å². The lowest BCUT2D eigenvalue weighted by atomic mass is 10.2. The molecule has 2 aromatic heterocycles. The largest absolute Gasteiger partial charge is 0.484 e. The third kappa shape index (κ3) is 5.88. The van der Waals surface area contributed by atoms with Gasteiger partial charge in [0.1, 0.15) is 23.1 Å². The van der Waals surface area contributed by atoms with Crippen molar-refractivity contribution in [2.75, 3.05) is 5.32 Å². The molecule has 13 heteroatoms. The summed E-state index contributed by atoms with van der Waals surface area (Å²) in [6.07, 6.45) is 1.53. The predicted octanol–water partition coefficient (Wildman–Crippen LogP) is 6.88. The van der Waals surface area contributed by atoms with Crippen LogP contribution in [0.25, 0.3) is 0 Å². The van der Waals surface area contributed by atoms with Crippen molar-refractivity contribution in [1.82, 2.24) is 9.78 Å². The SMILES string of the molecule is O=C(Nc1nn(Cc2c(Cl)cccc2Cl)cc1Cl)c1ccc(COc2ccc([N+](=O)[O-])cc2Cl)o1. The van der Waals surface area contributed by atoms with Gasteiger partial charge in [-0.25, -0.2) is 0 Å². The smallest absolute Gasteiger partial charge is 0.292 e. The normalized spacial score (nSPS) is 10.9. The van der Waals surface area contributed by atoms with Gasteiger partial charge < -0.3 is 14.5 Å². The zero-order valence-electron chi connectivity index (χ0n) is 17.5. The molecule has 9 nitrogen and oxygen atoms in total. The molecule has 180 valence electrons. The van der Waals surface area contributed by atoms with Gasteiger partial charge in [0.15, 0.2) is 11.6 Å². The third-order valence-electron chi connectivity index (χ3n) is 4.71. The quantitative estimate of drug-likeness (QED) is 0.187. The molecule has 0 unspecified atom stereocenters. The predicted molar refractivity (Wildman–Crippen MR) is 132 cm³/mol. The zero-order chi connectivity index (χ0) is 25.1. The van der Waals surface area contributed by atoms with Gasteiger partial charge in [-0.15, -0.1) is 0 Å². The second-order valence-electron chi connectivity index (χ2n) is 7.10. The van der Waals surface area contributed by atoms with E-state index in [1.165, 1.54) is 35.1 Å². The maximum atomic E-state index is 12.6. The number of furan rings is 1. The van der Waals surface area contributed by atoms with Crippen LogP contribution in [0.5, 0.6) is 5.75 Å². The monoisotopic (exact) mass is 554 g/mol. The molecular weight excluding hydrogens is 542 g/mol. The van der Waals surface area contributed by atoms with Gasteiger partial charge in [-0.2, -0.15) is 5.10 Å². The van der Waals surface area contributed by atoms with Crippen molar-refractivity contribution >= 4 is 63.8 Å². The van der Waals surface area contributed by atoms with Crippen molar-refractivity contribution < 1.29 is 18.9 Å². The summed E-state index contributed by atoms with van der Waals surface area (Å²) in [7, 11) is 0. The Morgan fingerprint density at radius 1 is 1.06 bits per heavy atom. The first kappa shape index (κ1) is 24.9. The van der Waals surface area contributed by atoms with Crippen molar-refractivity contribution in [1.29, 1.82) is 0 Å². The summed E-state index contributed by atoms with van der Waals surface area (Å²) in [6, 6.07) is 12.0. The number of nitrogens with one attached hydrogen (secondary N) is 1. The number of aromatic nitrogens is 2. The van der Waals surface area contributed by atoms with E-state index in [0.29, 0.717) is 21.4 Å². The van der Waals surface area contributed by atoms with Crippen LogP contribution >= 0.6 is 46.4 Å². The number of amides is 1. The maximum Gasteiger partial charge on any atom is 0.292 e. The number of ether oxygens (including phenoxy) is 1. The third-order valence-corrected chi connectivity index (χ3v) is 5.99. The number of carbonyl (C=O) groups is 1. The second kappa shape index (κ2) is 10.6. The van der Waals surface area contributed by atoms with E-state index < -0.39 is 10.8 Å². The van der Waals surface area contributed by atoms with E-state index >= 15 is 0 Å². The standard InChI is InChI=1S/C22H14Cl4N4O5/c23-15-2-1-3-16(24)14(15)9-29-10-18(26)21(28-29)27-22(31)20-7-5-13(35-20)11-34-19-6-4-12(30(32)33)8-17(19)25/h1-8,10H,9,11H2,(H,27,28,31). The van der Waals surface area contributed by atoms with Crippen LogP contribution in [-0.4, -0.2) is 20.6 Å². The van der Waals surface area contributed by atoms with Crippen LogP contribution in [0.4, 0.5) is 11.5 Å². The fourth-order valence-corrected chi connectivity index (χ4v) is 3.97. The Morgan fingerprint density at radius 3 is 2.49 bits per heavy atom. The minimum atomic E-state index is -0.576. The molecule has 0 bridgehead atoms. The zero-order valence-corrected chi connectivity index (χ0v) is 20.5. The van der Waals surface area contributed by atoms with Crippen LogP contribution in [0.2, 0.25) is 20.1 Å². The number of nitro benzene ring substituents is 1. The number of benzene rings is 2. The molecule has 1 N–H and O–H groups in total. The average molecular weight is 556 g/mol. The van der Waals surface area contributed by atoms with Crippen molar-refractivity contribution in [2.24, 2.45) is 0 Å². The lowest BCUT2D eigenvalue weighted by Gasteiger charge is -2.07. The van der Waals surface area contributed by atoms with E-state index in [1.54, 1.807) is 24.3 Å². The summed E-state index contributed by atoms with van der Waals surface area (Å²) in [5.74, 6) is 0.113. The van der Waals surface area contributed by atoms with Gasteiger partial charge in [-0.1, -0.05) is 52.5 Å². The van der Waals surface area contributed by atoms with Crippen LogP contribution in [0.3, 0.4) is 0 Å². The van der Waals surface area contributed by atoms with Crippen LogP contribution in [0.15, 0.2) is 59.1 Å². The Bertz CT molecular complexity index is 1400. The lowest BCUT2D eigenvalue weighted by Crippen LogP contribution is -2.12. The Kier molecular flexibility index (Phi) is 7.51. The number of hydrogen-bond donors (Lipinski definition) is 1. The van der Waals surface area contributed by atoms with Gasteiger partial charge in [0, 0.05) is 33.9 Å². The highest BCUT2D eigenvalue weighted by atomic mass is 35.5. The Hall–Kier alpha value is -3.24. The summed E-state index contributed by atoms with van der Waals surface area (Å²) in [5, 5.41) is 18.9. The molecule has 0 aliphatic rings. The van der Waals surface area contributed by atoms with Crippen LogP contribution in [0, 0.1) is 10.1 Å². The number of nitrogens with zero attached hydrogens (tertiary/aromatic N) is 3. The number of non-ortho nitro benzene ring substituents is 1.